The van der Waals surface area contributed by atoms with Crippen LogP contribution in [0.1, 0.15) is 11.1 Å². The Bertz CT molecular complexity index is 1050. The lowest BCUT2D eigenvalue weighted by atomic mass is 10.0. The smallest absolute Gasteiger partial charge is 0.143 e. The lowest BCUT2D eigenvalue weighted by Gasteiger charge is -2.09. The van der Waals surface area contributed by atoms with Crippen molar-refractivity contribution in [2.75, 3.05) is 5.32 Å². The Morgan fingerprint density at radius 1 is 0.960 bits per heavy atom. The molecule has 1 N–H and O–H groups in total. The Labute approximate surface area is 155 Å². The molecule has 3 nitrogen and oxygen atoms in total. The summed E-state index contributed by atoms with van der Waals surface area (Å²) in [6, 6.07) is 14.1. The van der Waals surface area contributed by atoms with E-state index in [4.69, 9.17) is 11.6 Å². The normalized spacial score (nSPS) is 11.0. The summed E-state index contributed by atoms with van der Waals surface area (Å²) in [7, 11) is 0. The molecule has 0 aliphatic carbocycles. The Kier molecular flexibility index (Phi) is 4.15. The van der Waals surface area contributed by atoms with Gasteiger partial charge in [0.25, 0.3) is 0 Å². The molecule has 0 spiro atoms. The van der Waals surface area contributed by atoms with Crippen LogP contribution in [0.4, 0.5) is 11.5 Å². The van der Waals surface area contributed by atoms with E-state index < -0.39 is 0 Å². The van der Waals surface area contributed by atoms with Gasteiger partial charge in [0.05, 0.1) is 5.39 Å². The van der Waals surface area contributed by atoms with Crippen molar-refractivity contribution in [3.63, 3.8) is 0 Å². The van der Waals surface area contributed by atoms with Crippen LogP contribution < -0.4 is 5.32 Å². The molecule has 2 aromatic heterocycles. The summed E-state index contributed by atoms with van der Waals surface area (Å²) in [6.07, 6.45) is 1.60. The van der Waals surface area contributed by atoms with E-state index in [0.717, 1.165) is 27.3 Å². The van der Waals surface area contributed by atoms with E-state index in [1.54, 1.807) is 17.7 Å². The first-order chi connectivity index (χ1) is 12.1. The highest BCUT2D eigenvalue weighted by atomic mass is 35.5. The van der Waals surface area contributed by atoms with E-state index in [1.807, 2.05) is 24.3 Å². The Morgan fingerprint density at radius 2 is 1.76 bits per heavy atom. The standard InChI is InChI=1S/C20H16ClN3S/c1-12-3-4-14(9-13(12)2)17-10-25-20-18(17)19(22-11-23-20)24-16-7-5-15(21)6-8-16/h3-11H,1-2H3,(H,22,23,24). The number of hydrogen-bond donors (Lipinski definition) is 1. The Morgan fingerprint density at radius 3 is 2.52 bits per heavy atom. The minimum absolute atomic E-state index is 0.713. The summed E-state index contributed by atoms with van der Waals surface area (Å²) < 4.78 is 0. The number of aryl methyl sites for hydroxylation is 2. The summed E-state index contributed by atoms with van der Waals surface area (Å²) in [5.74, 6) is 0.807. The zero-order valence-corrected chi connectivity index (χ0v) is 15.4. The Balaban J connectivity index is 1.83. The average molecular weight is 366 g/mol. The summed E-state index contributed by atoms with van der Waals surface area (Å²) in [4.78, 5) is 9.88. The summed E-state index contributed by atoms with van der Waals surface area (Å²) >= 11 is 7.61. The van der Waals surface area contributed by atoms with E-state index >= 15 is 0 Å². The van der Waals surface area contributed by atoms with Crippen LogP contribution in [-0.4, -0.2) is 9.97 Å². The highest BCUT2D eigenvalue weighted by molar-refractivity contribution is 7.17. The van der Waals surface area contributed by atoms with Gasteiger partial charge in [-0.2, -0.15) is 0 Å². The zero-order valence-electron chi connectivity index (χ0n) is 13.9. The predicted molar refractivity (Wildman–Crippen MR) is 107 cm³/mol. The molecule has 0 saturated heterocycles. The first-order valence-corrected chi connectivity index (χ1v) is 9.20. The van der Waals surface area contributed by atoms with Crippen LogP contribution in [0.2, 0.25) is 5.02 Å². The number of benzene rings is 2. The fourth-order valence-electron chi connectivity index (χ4n) is 2.76. The fraction of sp³-hybridized carbons (Fsp3) is 0.100. The molecule has 0 aliphatic heterocycles. The molecule has 0 saturated carbocycles. The maximum Gasteiger partial charge on any atom is 0.143 e. The van der Waals surface area contributed by atoms with Gasteiger partial charge in [0.15, 0.2) is 0 Å². The number of nitrogens with one attached hydrogen (secondary N) is 1. The SMILES string of the molecule is Cc1ccc(-c2csc3ncnc(Nc4ccc(Cl)cc4)c23)cc1C. The molecular weight excluding hydrogens is 350 g/mol. The minimum Gasteiger partial charge on any atom is -0.340 e. The van der Waals surface area contributed by atoms with E-state index in [-0.39, 0.29) is 0 Å². The minimum atomic E-state index is 0.713. The lowest BCUT2D eigenvalue weighted by Crippen LogP contribution is -1.95. The highest BCUT2D eigenvalue weighted by Gasteiger charge is 2.13. The van der Waals surface area contributed by atoms with Gasteiger partial charge in [0.1, 0.15) is 17.0 Å². The summed E-state index contributed by atoms with van der Waals surface area (Å²) in [5, 5.41) is 7.30. The topological polar surface area (TPSA) is 37.8 Å². The molecule has 2 heterocycles. The van der Waals surface area contributed by atoms with Crippen molar-refractivity contribution in [3.8, 4) is 11.1 Å². The molecule has 5 heteroatoms. The number of hydrogen-bond acceptors (Lipinski definition) is 4. The molecule has 0 bridgehead atoms. The second kappa shape index (κ2) is 6.47. The molecule has 0 atom stereocenters. The lowest BCUT2D eigenvalue weighted by molar-refractivity contribution is 1.23. The maximum atomic E-state index is 5.97. The highest BCUT2D eigenvalue weighted by Crippen LogP contribution is 2.38. The first kappa shape index (κ1) is 16.1. The van der Waals surface area contributed by atoms with Crippen LogP contribution in [0.5, 0.6) is 0 Å². The number of anilines is 2. The van der Waals surface area contributed by atoms with Gasteiger partial charge in [-0.3, -0.25) is 0 Å². The van der Waals surface area contributed by atoms with Gasteiger partial charge in [-0.05, 0) is 54.8 Å². The van der Waals surface area contributed by atoms with Gasteiger partial charge in [-0.15, -0.1) is 11.3 Å². The molecule has 4 rings (SSSR count). The molecule has 0 aliphatic rings. The molecule has 25 heavy (non-hydrogen) atoms. The van der Waals surface area contributed by atoms with Gasteiger partial charge in [-0.25, -0.2) is 9.97 Å². The molecule has 0 fully saturated rings. The summed E-state index contributed by atoms with van der Waals surface area (Å²) in [6.45, 7) is 4.26. The zero-order chi connectivity index (χ0) is 17.4. The van der Waals surface area contributed by atoms with Crippen LogP contribution in [0.3, 0.4) is 0 Å². The maximum absolute atomic E-state index is 5.97. The predicted octanol–water partition coefficient (Wildman–Crippen LogP) is 6.37. The second-order valence-electron chi connectivity index (χ2n) is 5.98. The van der Waals surface area contributed by atoms with Gasteiger partial charge >= 0.3 is 0 Å². The number of aromatic nitrogens is 2. The molecule has 0 unspecified atom stereocenters. The van der Waals surface area contributed by atoms with Crippen LogP contribution in [-0.2, 0) is 0 Å². The van der Waals surface area contributed by atoms with Crippen LogP contribution in [0.15, 0.2) is 54.2 Å². The molecule has 0 radical (unpaired) electrons. The second-order valence-corrected chi connectivity index (χ2v) is 7.28. The average Bonchev–Trinajstić information content (AvgIpc) is 3.04. The molecule has 0 amide bonds. The van der Waals surface area contributed by atoms with Crippen molar-refractivity contribution in [3.05, 3.63) is 70.3 Å². The number of halogens is 1. The number of fused-ring (bicyclic) bond motifs is 1. The van der Waals surface area contributed by atoms with Crippen molar-refractivity contribution in [2.24, 2.45) is 0 Å². The molecular formula is C20H16ClN3S. The van der Waals surface area contributed by atoms with Gasteiger partial charge in [0.2, 0.25) is 0 Å². The first-order valence-electron chi connectivity index (χ1n) is 7.94. The number of thiophene rings is 1. The van der Waals surface area contributed by atoms with Gasteiger partial charge < -0.3 is 5.32 Å². The van der Waals surface area contributed by atoms with E-state index in [9.17, 15) is 0 Å². The quantitative estimate of drug-likeness (QED) is 0.458. The van der Waals surface area contributed by atoms with E-state index in [0.29, 0.717) is 5.02 Å². The van der Waals surface area contributed by atoms with Crippen molar-refractivity contribution in [1.82, 2.24) is 9.97 Å². The Hall–Kier alpha value is -2.43. The van der Waals surface area contributed by atoms with Crippen molar-refractivity contribution >= 4 is 44.7 Å². The third kappa shape index (κ3) is 3.11. The van der Waals surface area contributed by atoms with Crippen LogP contribution in [0.25, 0.3) is 21.3 Å². The van der Waals surface area contributed by atoms with Gasteiger partial charge in [-0.1, -0.05) is 29.8 Å². The van der Waals surface area contributed by atoms with Gasteiger partial charge in [0, 0.05) is 21.7 Å². The molecule has 124 valence electrons. The third-order valence-corrected chi connectivity index (χ3v) is 5.43. The summed E-state index contributed by atoms with van der Waals surface area (Å²) in [5.41, 5.74) is 5.85. The van der Waals surface area contributed by atoms with Crippen molar-refractivity contribution in [1.29, 1.82) is 0 Å². The third-order valence-electron chi connectivity index (χ3n) is 4.30. The monoisotopic (exact) mass is 365 g/mol. The molecule has 4 aromatic rings. The largest absolute Gasteiger partial charge is 0.340 e. The number of nitrogens with zero attached hydrogens (tertiary/aromatic N) is 2. The van der Waals surface area contributed by atoms with E-state index in [2.05, 4.69) is 52.7 Å². The van der Waals surface area contributed by atoms with Crippen LogP contribution >= 0.6 is 22.9 Å². The van der Waals surface area contributed by atoms with Crippen LogP contribution in [0, 0.1) is 13.8 Å². The fourth-order valence-corrected chi connectivity index (χ4v) is 3.80. The molecule has 2 aromatic carbocycles. The van der Waals surface area contributed by atoms with Crippen molar-refractivity contribution in [2.45, 2.75) is 13.8 Å². The number of rotatable bonds is 3. The van der Waals surface area contributed by atoms with E-state index in [1.165, 1.54) is 16.7 Å². The van der Waals surface area contributed by atoms with Crippen molar-refractivity contribution < 1.29 is 0 Å².